The van der Waals surface area contributed by atoms with Gasteiger partial charge >= 0.3 is 5.97 Å². The lowest BCUT2D eigenvalue weighted by atomic mass is 10.2. The first-order valence-corrected chi connectivity index (χ1v) is 5.13. The minimum absolute atomic E-state index is 0.329. The summed E-state index contributed by atoms with van der Waals surface area (Å²) in [5, 5.41) is 3.06. The van der Waals surface area contributed by atoms with Crippen molar-refractivity contribution in [3.8, 4) is 0 Å². The standard InChI is InChI=1S/C12H16N2O2/c1-13-8-4-3-5-10-6-7-11(14-9-10)12(15)16-2/h3,5-7,9,13H,4,8H2,1-2H3. The fourth-order valence-corrected chi connectivity index (χ4v) is 1.18. The van der Waals surface area contributed by atoms with Crippen molar-refractivity contribution < 1.29 is 9.53 Å². The Balaban J connectivity index is 2.57. The molecule has 0 saturated heterocycles. The molecule has 0 fully saturated rings. The second kappa shape index (κ2) is 6.74. The van der Waals surface area contributed by atoms with Gasteiger partial charge in [0.1, 0.15) is 5.69 Å². The molecule has 0 aliphatic rings. The SMILES string of the molecule is CNCCC=Cc1ccc(C(=O)OC)nc1. The summed E-state index contributed by atoms with van der Waals surface area (Å²) in [6.07, 6.45) is 6.66. The zero-order valence-electron chi connectivity index (χ0n) is 9.56. The number of esters is 1. The summed E-state index contributed by atoms with van der Waals surface area (Å²) in [7, 11) is 3.26. The van der Waals surface area contributed by atoms with E-state index >= 15 is 0 Å². The van der Waals surface area contributed by atoms with Crippen LogP contribution in [0.3, 0.4) is 0 Å². The van der Waals surface area contributed by atoms with E-state index in [1.54, 1.807) is 12.3 Å². The van der Waals surface area contributed by atoms with Gasteiger partial charge in [-0.15, -0.1) is 0 Å². The van der Waals surface area contributed by atoms with Crippen molar-refractivity contribution in [2.24, 2.45) is 0 Å². The molecule has 86 valence electrons. The maximum absolute atomic E-state index is 11.1. The van der Waals surface area contributed by atoms with Crippen LogP contribution >= 0.6 is 0 Å². The highest BCUT2D eigenvalue weighted by atomic mass is 16.5. The maximum Gasteiger partial charge on any atom is 0.356 e. The van der Waals surface area contributed by atoms with E-state index in [4.69, 9.17) is 0 Å². The van der Waals surface area contributed by atoms with Gasteiger partial charge in [0, 0.05) is 6.20 Å². The lowest BCUT2D eigenvalue weighted by molar-refractivity contribution is 0.0594. The summed E-state index contributed by atoms with van der Waals surface area (Å²) in [4.78, 5) is 15.1. The summed E-state index contributed by atoms with van der Waals surface area (Å²) in [5.41, 5.74) is 1.30. The zero-order chi connectivity index (χ0) is 11.8. The van der Waals surface area contributed by atoms with E-state index in [9.17, 15) is 4.79 Å². The molecule has 0 aromatic carbocycles. The summed E-state index contributed by atoms with van der Waals surface area (Å²) < 4.78 is 4.56. The molecule has 0 saturated carbocycles. The van der Waals surface area contributed by atoms with E-state index in [-0.39, 0.29) is 0 Å². The molecular formula is C12H16N2O2. The van der Waals surface area contributed by atoms with Crippen molar-refractivity contribution in [3.63, 3.8) is 0 Å². The molecule has 0 aliphatic heterocycles. The largest absolute Gasteiger partial charge is 0.464 e. The fraction of sp³-hybridized carbons (Fsp3) is 0.333. The highest BCUT2D eigenvalue weighted by Crippen LogP contribution is 2.04. The molecule has 4 heteroatoms. The third-order valence-corrected chi connectivity index (χ3v) is 2.05. The van der Waals surface area contributed by atoms with Crippen LogP contribution in [0.15, 0.2) is 24.4 Å². The maximum atomic E-state index is 11.1. The number of carbonyl (C=O) groups excluding carboxylic acids is 1. The van der Waals surface area contributed by atoms with Gasteiger partial charge in [0.25, 0.3) is 0 Å². The number of nitrogens with one attached hydrogen (secondary N) is 1. The average Bonchev–Trinajstić information content (AvgIpc) is 2.34. The topological polar surface area (TPSA) is 51.2 Å². The number of hydrogen-bond acceptors (Lipinski definition) is 4. The van der Waals surface area contributed by atoms with Crippen molar-refractivity contribution in [1.29, 1.82) is 0 Å². The molecule has 4 nitrogen and oxygen atoms in total. The molecule has 16 heavy (non-hydrogen) atoms. The number of aromatic nitrogens is 1. The Morgan fingerprint density at radius 3 is 2.94 bits per heavy atom. The van der Waals surface area contributed by atoms with Gasteiger partial charge in [-0.3, -0.25) is 0 Å². The number of pyridine rings is 1. The lowest BCUT2D eigenvalue weighted by Crippen LogP contribution is -2.05. The molecule has 0 amide bonds. The van der Waals surface area contributed by atoms with Crippen molar-refractivity contribution in [1.82, 2.24) is 10.3 Å². The van der Waals surface area contributed by atoms with Gasteiger partial charge in [-0.2, -0.15) is 0 Å². The summed E-state index contributed by atoms with van der Waals surface area (Å²) in [5.74, 6) is -0.411. The number of carbonyl (C=O) groups is 1. The molecule has 1 N–H and O–H groups in total. The third kappa shape index (κ3) is 3.82. The number of ether oxygens (including phenoxy) is 1. The van der Waals surface area contributed by atoms with Crippen LogP contribution in [0, 0.1) is 0 Å². The van der Waals surface area contributed by atoms with Crippen molar-refractivity contribution >= 4 is 12.0 Å². The smallest absolute Gasteiger partial charge is 0.356 e. The van der Waals surface area contributed by atoms with E-state index < -0.39 is 5.97 Å². The molecule has 1 aromatic heterocycles. The van der Waals surface area contributed by atoms with Gasteiger partial charge in [-0.25, -0.2) is 9.78 Å². The fourth-order valence-electron chi connectivity index (χ4n) is 1.18. The number of rotatable bonds is 5. The molecule has 0 aliphatic carbocycles. The van der Waals surface area contributed by atoms with Crippen LogP contribution in [0.5, 0.6) is 0 Å². The van der Waals surface area contributed by atoms with Gasteiger partial charge in [0.05, 0.1) is 7.11 Å². The van der Waals surface area contributed by atoms with Crippen molar-refractivity contribution in [2.75, 3.05) is 20.7 Å². The Hall–Kier alpha value is -1.68. The van der Waals surface area contributed by atoms with Crippen molar-refractivity contribution in [2.45, 2.75) is 6.42 Å². The lowest BCUT2D eigenvalue weighted by Gasteiger charge is -1.98. The quantitative estimate of drug-likeness (QED) is 0.603. The Morgan fingerprint density at radius 1 is 1.56 bits per heavy atom. The number of hydrogen-bond donors (Lipinski definition) is 1. The number of nitrogens with zero attached hydrogens (tertiary/aromatic N) is 1. The minimum atomic E-state index is -0.411. The van der Waals surface area contributed by atoms with Gasteiger partial charge in [-0.05, 0) is 31.6 Å². The molecule has 0 radical (unpaired) electrons. The predicted molar refractivity (Wildman–Crippen MR) is 63.2 cm³/mol. The Labute approximate surface area is 95.3 Å². The van der Waals surface area contributed by atoms with E-state index in [2.05, 4.69) is 21.1 Å². The summed E-state index contributed by atoms with van der Waals surface area (Å²) in [6, 6.07) is 3.50. The van der Waals surface area contributed by atoms with Gasteiger partial charge < -0.3 is 10.1 Å². The van der Waals surface area contributed by atoms with Crippen LogP contribution in [-0.2, 0) is 4.74 Å². The zero-order valence-corrected chi connectivity index (χ0v) is 9.56. The second-order valence-electron chi connectivity index (χ2n) is 3.26. The summed E-state index contributed by atoms with van der Waals surface area (Å²) >= 11 is 0. The molecule has 0 spiro atoms. The minimum Gasteiger partial charge on any atom is -0.464 e. The normalized spacial score (nSPS) is 10.6. The van der Waals surface area contributed by atoms with Gasteiger partial charge in [-0.1, -0.05) is 18.2 Å². The van der Waals surface area contributed by atoms with Crippen LogP contribution in [-0.4, -0.2) is 31.7 Å². The van der Waals surface area contributed by atoms with E-state index in [1.165, 1.54) is 7.11 Å². The molecule has 1 rings (SSSR count). The third-order valence-electron chi connectivity index (χ3n) is 2.05. The van der Waals surface area contributed by atoms with Crippen LogP contribution < -0.4 is 5.32 Å². The molecular weight excluding hydrogens is 204 g/mol. The molecule has 1 aromatic rings. The van der Waals surface area contributed by atoms with Crippen molar-refractivity contribution in [3.05, 3.63) is 35.7 Å². The first-order valence-electron chi connectivity index (χ1n) is 5.13. The Bertz CT molecular complexity index is 358. The second-order valence-corrected chi connectivity index (χ2v) is 3.26. The molecule has 1 heterocycles. The highest BCUT2D eigenvalue weighted by Gasteiger charge is 2.04. The highest BCUT2D eigenvalue weighted by molar-refractivity contribution is 5.87. The van der Waals surface area contributed by atoms with Gasteiger partial charge in [0.2, 0.25) is 0 Å². The Kier molecular flexibility index (Phi) is 5.22. The first-order chi connectivity index (χ1) is 7.77. The van der Waals surface area contributed by atoms with E-state index in [0.29, 0.717) is 5.69 Å². The predicted octanol–water partition coefficient (Wildman–Crippen LogP) is 1.49. The summed E-state index contributed by atoms with van der Waals surface area (Å²) in [6.45, 7) is 0.949. The monoisotopic (exact) mass is 220 g/mol. The Morgan fingerprint density at radius 2 is 2.38 bits per heavy atom. The van der Waals surface area contributed by atoms with Crippen LogP contribution in [0.1, 0.15) is 22.5 Å². The molecule has 0 atom stereocenters. The van der Waals surface area contributed by atoms with Gasteiger partial charge in [0.15, 0.2) is 0 Å². The van der Waals surface area contributed by atoms with Crippen LogP contribution in [0.4, 0.5) is 0 Å². The van der Waals surface area contributed by atoms with Crippen LogP contribution in [0.2, 0.25) is 0 Å². The first kappa shape index (κ1) is 12.4. The number of methoxy groups -OCH3 is 1. The van der Waals surface area contributed by atoms with E-state index in [0.717, 1.165) is 18.5 Å². The van der Waals surface area contributed by atoms with E-state index in [1.807, 2.05) is 19.2 Å². The average molecular weight is 220 g/mol. The van der Waals surface area contributed by atoms with Crippen LogP contribution in [0.25, 0.3) is 6.08 Å². The molecule has 0 bridgehead atoms. The molecule has 0 unspecified atom stereocenters.